The molecule has 2 aromatic heterocycles. The van der Waals surface area contributed by atoms with E-state index in [1.165, 1.54) is 5.69 Å². The number of pyridine rings is 1. The van der Waals surface area contributed by atoms with Gasteiger partial charge in [0.2, 0.25) is 0 Å². The second kappa shape index (κ2) is 8.42. The van der Waals surface area contributed by atoms with Crippen molar-refractivity contribution in [1.82, 2.24) is 19.8 Å². The smallest absolute Gasteiger partial charge is 0.170 e. The molecule has 1 N–H and O–H groups in total. The first-order valence-corrected chi connectivity index (χ1v) is 11.1. The van der Waals surface area contributed by atoms with Gasteiger partial charge in [-0.05, 0) is 62.2 Å². The molecule has 0 spiro atoms. The zero-order chi connectivity index (χ0) is 19.6. The van der Waals surface area contributed by atoms with Crippen LogP contribution in [0.2, 0.25) is 0 Å². The number of thiocarbonyl (C=S) groups is 1. The van der Waals surface area contributed by atoms with Crippen molar-refractivity contribution >= 4 is 17.3 Å². The van der Waals surface area contributed by atoms with E-state index in [0.717, 1.165) is 62.8 Å². The molecule has 0 aromatic carbocycles. The van der Waals surface area contributed by atoms with Gasteiger partial charge in [0.1, 0.15) is 0 Å². The van der Waals surface area contributed by atoms with Gasteiger partial charge in [0.05, 0.1) is 30.0 Å². The molecule has 3 aliphatic rings. The van der Waals surface area contributed by atoms with E-state index in [-0.39, 0.29) is 18.2 Å². The minimum Gasteiger partial charge on any atom is -0.376 e. The first-order valence-electron chi connectivity index (χ1n) is 10.7. The van der Waals surface area contributed by atoms with E-state index < -0.39 is 0 Å². The topological polar surface area (TPSA) is 51.5 Å². The van der Waals surface area contributed by atoms with Crippen LogP contribution >= 0.6 is 12.2 Å². The van der Waals surface area contributed by atoms with Gasteiger partial charge in [-0.2, -0.15) is 0 Å². The fraction of sp³-hybridized carbons (Fsp3) is 0.545. The molecule has 0 aliphatic carbocycles. The van der Waals surface area contributed by atoms with Crippen molar-refractivity contribution in [1.29, 1.82) is 0 Å². The van der Waals surface area contributed by atoms with Crippen LogP contribution in [-0.4, -0.2) is 51.5 Å². The average Bonchev–Trinajstić information content (AvgIpc) is 3.53. The van der Waals surface area contributed by atoms with Crippen molar-refractivity contribution in [3.63, 3.8) is 0 Å². The summed E-state index contributed by atoms with van der Waals surface area (Å²) in [4.78, 5) is 6.95. The molecule has 6 nitrogen and oxygen atoms in total. The Morgan fingerprint density at radius 1 is 1.03 bits per heavy atom. The number of nitrogens with zero attached hydrogens (tertiary/aromatic N) is 3. The number of hydrogen-bond donors (Lipinski definition) is 1. The molecule has 154 valence electrons. The molecule has 29 heavy (non-hydrogen) atoms. The lowest BCUT2D eigenvalue weighted by atomic mass is 10.0. The number of nitrogens with one attached hydrogen (secondary N) is 1. The Bertz CT molecular complexity index is 830. The molecular formula is C22H28N4O2S. The fourth-order valence-corrected chi connectivity index (χ4v) is 5.12. The highest BCUT2D eigenvalue weighted by atomic mass is 32.1. The first-order chi connectivity index (χ1) is 14.3. The average molecular weight is 413 g/mol. The summed E-state index contributed by atoms with van der Waals surface area (Å²) in [6.45, 7) is 3.42. The van der Waals surface area contributed by atoms with Crippen LogP contribution in [0, 0.1) is 0 Å². The van der Waals surface area contributed by atoms with Crippen molar-refractivity contribution in [2.24, 2.45) is 0 Å². The van der Waals surface area contributed by atoms with Gasteiger partial charge in [0.25, 0.3) is 0 Å². The molecule has 4 atom stereocenters. The van der Waals surface area contributed by atoms with Crippen molar-refractivity contribution in [3.05, 3.63) is 54.1 Å². The Morgan fingerprint density at radius 2 is 1.83 bits per heavy atom. The number of aromatic nitrogens is 2. The van der Waals surface area contributed by atoms with Gasteiger partial charge < -0.3 is 24.3 Å². The molecule has 3 fully saturated rings. The van der Waals surface area contributed by atoms with Gasteiger partial charge >= 0.3 is 0 Å². The maximum Gasteiger partial charge on any atom is 0.170 e. The third-order valence-corrected chi connectivity index (χ3v) is 6.57. The van der Waals surface area contributed by atoms with Gasteiger partial charge in [0, 0.05) is 44.4 Å². The SMILES string of the molecule is S=C1N[C@H](c2ccccn2)[C@H](c2cccn2C[C@H]2CCCO2)N1C[C@@H]1CCCO1. The van der Waals surface area contributed by atoms with Crippen LogP contribution in [0.15, 0.2) is 42.7 Å². The molecule has 2 aromatic rings. The van der Waals surface area contributed by atoms with Gasteiger partial charge in [-0.25, -0.2) is 0 Å². The Labute approximate surface area is 177 Å². The highest BCUT2D eigenvalue weighted by molar-refractivity contribution is 7.80. The molecule has 7 heteroatoms. The second-order valence-corrected chi connectivity index (χ2v) is 8.52. The third-order valence-electron chi connectivity index (χ3n) is 6.21. The van der Waals surface area contributed by atoms with E-state index in [9.17, 15) is 0 Å². The van der Waals surface area contributed by atoms with E-state index in [2.05, 4.69) is 44.2 Å². The van der Waals surface area contributed by atoms with Crippen LogP contribution in [0.1, 0.15) is 49.2 Å². The van der Waals surface area contributed by atoms with Crippen LogP contribution in [0.3, 0.4) is 0 Å². The van der Waals surface area contributed by atoms with Crippen LogP contribution < -0.4 is 5.32 Å². The quantitative estimate of drug-likeness (QED) is 0.736. The van der Waals surface area contributed by atoms with Gasteiger partial charge in [-0.3, -0.25) is 4.98 Å². The predicted molar refractivity (Wildman–Crippen MR) is 115 cm³/mol. The van der Waals surface area contributed by atoms with Crippen molar-refractivity contribution in [2.75, 3.05) is 19.8 Å². The van der Waals surface area contributed by atoms with Crippen LogP contribution in [0.5, 0.6) is 0 Å². The second-order valence-electron chi connectivity index (χ2n) is 8.13. The predicted octanol–water partition coefficient (Wildman–Crippen LogP) is 3.21. The third kappa shape index (κ3) is 3.91. The molecule has 0 radical (unpaired) electrons. The first kappa shape index (κ1) is 19.0. The summed E-state index contributed by atoms with van der Waals surface area (Å²) in [6, 6.07) is 10.5. The molecule has 5 heterocycles. The largest absolute Gasteiger partial charge is 0.376 e. The number of ether oxygens (including phenoxy) is 2. The fourth-order valence-electron chi connectivity index (χ4n) is 4.80. The Kier molecular flexibility index (Phi) is 5.52. The van der Waals surface area contributed by atoms with Gasteiger partial charge in [-0.15, -0.1) is 0 Å². The van der Waals surface area contributed by atoms with Crippen LogP contribution in [-0.2, 0) is 16.0 Å². The summed E-state index contributed by atoms with van der Waals surface area (Å²) in [7, 11) is 0. The normalized spacial score (nSPS) is 29.5. The zero-order valence-corrected chi connectivity index (χ0v) is 17.4. The van der Waals surface area contributed by atoms with Crippen molar-refractivity contribution < 1.29 is 9.47 Å². The van der Waals surface area contributed by atoms with E-state index in [1.807, 2.05) is 18.3 Å². The lowest BCUT2D eigenvalue weighted by molar-refractivity contribution is 0.0809. The van der Waals surface area contributed by atoms with E-state index in [1.54, 1.807) is 0 Å². The van der Waals surface area contributed by atoms with Gasteiger partial charge in [0.15, 0.2) is 5.11 Å². The summed E-state index contributed by atoms with van der Waals surface area (Å²) in [6.07, 6.45) is 9.05. The van der Waals surface area contributed by atoms with Crippen molar-refractivity contribution in [3.8, 4) is 0 Å². The number of hydrogen-bond acceptors (Lipinski definition) is 4. The summed E-state index contributed by atoms with van der Waals surface area (Å²) in [5.74, 6) is 0. The maximum absolute atomic E-state index is 5.94. The molecule has 0 amide bonds. The highest BCUT2D eigenvalue weighted by Gasteiger charge is 2.42. The maximum atomic E-state index is 5.94. The Morgan fingerprint density at radius 3 is 2.52 bits per heavy atom. The lowest BCUT2D eigenvalue weighted by Crippen LogP contribution is -2.37. The van der Waals surface area contributed by atoms with E-state index in [4.69, 9.17) is 21.7 Å². The number of rotatable bonds is 6. The monoisotopic (exact) mass is 412 g/mol. The summed E-state index contributed by atoms with van der Waals surface area (Å²) < 4.78 is 14.2. The molecule has 3 saturated heterocycles. The summed E-state index contributed by atoms with van der Waals surface area (Å²) in [5.41, 5.74) is 2.26. The Hall–Kier alpha value is -1.96. The Balaban J connectivity index is 1.47. The van der Waals surface area contributed by atoms with Crippen LogP contribution in [0.25, 0.3) is 0 Å². The molecule has 0 saturated carbocycles. The molecule has 0 bridgehead atoms. The van der Waals surface area contributed by atoms with Crippen LogP contribution in [0.4, 0.5) is 0 Å². The summed E-state index contributed by atoms with van der Waals surface area (Å²) >= 11 is 5.79. The van der Waals surface area contributed by atoms with E-state index >= 15 is 0 Å². The van der Waals surface area contributed by atoms with Crippen molar-refractivity contribution in [2.45, 2.75) is 56.5 Å². The highest BCUT2D eigenvalue weighted by Crippen LogP contribution is 2.39. The standard InChI is InChI=1S/C22H28N4O2S/c29-22-24-20(18-8-1-2-10-23-18)21(26(22)15-17-7-5-13-28-17)19-9-3-11-25(19)14-16-6-4-12-27-16/h1-3,8-11,16-17,20-21H,4-7,12-15H2,(H,24,29)/t16-,17+,20-,21+/m1/s1. The minimum atomic E-state index is 0.0169. The zero-order valence-electron chi connectivity index (χ0n) is 16.6. The summed E-state index contributed by atoms with van der Waals surface area (Å²) in [5, 5.41) is 4.33. The van der Waals surface area contributed by atoms with Gasteiger partial charge in [-0.1, -0.05) is 6.07 Å². The van der Waals surface area contributed by atoms with E-state index in [0.29, 0.717) is 6.10 Å². The lowest BCUT2D eigenvalue weighted by Gasteiger charge is -2.31. The molecule has 0 unspecified atom stereocenters. The molecule has 3 aliphatic heterocycles. The molecular weight excluding hydrogens is 384 g/mol. The minimum absolute atomic E-state index is 0.0169. The molecule has 5 rings (SSSR count).